The van der Waals surface area contributed by atoms with E-state index in [9.17, 15) is 10.1 Å². The fourth-order valence-electron chi connectivity index (χ4n) is 1.85. The molecule has 92 valence electrons. The first-order chi connectivity index (χ1) is 8.16. The maximum absolute atomic E-state index is 10.9. The Bertz CT molecular complexity index is 419. The minimum Gasteiger partial charge on any atom is -0.379 e. The van der Waals surface area contributed by atoms with Gasteiger partial charge in [-0.2, -0.15) is 0 Å². The van der Waals surface area contributed by atoms with Gasteiger partial charge in [-0.15, -0.1) is 0 Å². The number of nitrogens with one attached hydrogen (secondary N) is 1. The van der Waals surface area contributed by atoms with Crippen LogP contribution < -0.4 is 5.32 Å². The number of hydrogen-bond acceptors (Lipinski definition) is 4. The molecule has 1 unspecified atom stereocenters. The first-order valence-corrected chi connectivity index (χ1v) is 6.24. The van der Waals surface area contributed by atoms with Crippen LogP contribution in [0.2, 0.25) is 0 Å². The smallest absolute Gasteiger partial charge is 0.293 e. The third kappa shape index (κ3) is 3.17. The molecule has 1 fully saturated rings. The Hall–Kier alpha value is -1.14. The summed E-state index contributed by atoms with van der Waals surface area (Å²) in [5.41, 5.74) is 0.638. The molecule has 1 aliphatic heterocycles. The summed E-state index contributed by atoms with van der Waals surface area (Å²) in [7, 11) is 0. The summed E-state index contributed by atoms with van der Waals surface area (Å²) in [4.78, 5) is 10.6. The van der Waals surface area contributed by atoms with Crippen LogP contribution in [0, 0.1) is 10.1 Å². The molecule has 0 saturated carbocycles. The van der Waals surface area contributed by atoms with Gasteiger partial charge in [-0.25, -0.2) is 0 Å². The van der Waals surface area contributed by atoms with Crippen LogP contribution in [-0.4, -0.2) is 24.2 Å². The largest absolute Gasteiger partial charge is 0.379 e. The topological polar surface area (TPSA) is 64.4 Å². The van der Waals surface area contributed by atoms with Gasteiger partial charge in [0.15, 0.2) is 0 Å². The highest BCUT2D eigenvalue weighted by Gasteiger charge is 2.19. The van der Waals surface area contributed by atoms with Crippen LogP contribution in [0.1, 0.15) is 12.8 Å². The molecule has 2 rings (SSSR count). The van der Waals surface area contributed by atoms with Gasteiger partial charge in [-0.3, -0.25) is 10.1 Å². The van der Waals surface area contributed by atoms with Crippen molar-refractivity contribution in [2.24, 2.45) is 0 Å². The Balaban J connectivity index is 2.16. The lowest BCUT2D eigenvalue weighted by atomic mass is 10.1. The quantitative estimate of drug-likeness (QED) is 0.688. The SMILES string of the molecule is O=[N+]([O-])c1cc(Br)ccc1NC1CCCOC1. The zero-order valence-corrected chi connectivity index (χ0v) is 10.8. The van der Waals surface area contributed by atoms with Crippen LogP contribution in [0.5, 0.6) is 0 Å². The Labute approximate surface area is 107 Å². The van der Waals surface area contributed by atoms with E-state index < -0.39 is 0 Å². The second-order valence-corrected chi connectivity index (χ2v) is 4.89. The number of halogens is 1. The molecule has 0 radical (unpaired) electrons. The van der Waals surface area contributed by atoms with Crippen LogP contribution in [0.25, 0.3) is 0 Å². The van der Waals surface area contributed by atoms with E-state index in [1.807, 2.05) is 0 Å². The predicted molar refractivity (Wildman–Crippen MR) is 68.3 cm³/mol. The van der Waals surface area contributed by atoms with E-state index in [2.05, 4.69) is 21.2 Å². The highest BCUT2D eigenvalue weighted by molar-refractivity contribution is 9.10. The minimum absolute atomic E-state index is 0.0879. The van der Waals surface area contributed by atoms with E-state index in [-0.39, 0.29) is 16.7 Å². The average molecular weight is 301 g/mol. The Morgan fingerprint density at radius 2 is 2.35 bits per heavy atom. The molecule has 0 aromatic heterocycles. The van der Waals surface area contributed by atoms with Gasteiger partial charge >= 0.3 is 0 Å². The number of ether oxygens (including phenoxy) is 1. The number of nitrogens with zero attached hydrogens (tertiary/aromatic N) is 1. The molecule has 5 nitrogen and oxygen atoms in total. The zero-order chi connectivity index (χ0) is 12.3. The summed E-state index contributed by atoms with van der Waals surface area (Å²) in [6.07, 6.45) is 1.97. The molecule has 1 aromatic rings. The van der Waals surface area contributed by atoms with Crippen molar-refractivity contribution in [3.63, 3.8) is 0 Å². The molecule has 17 heavy (non-hydrogen) atoms. The van der Waals surface area contributed by atoms with Gasteiger partial charge in [0.2, 0.25) is 0 Å². The maximum atomic E-state index is 10.9. The van der Waals surface area contributed by atoms with Gasteiger partial charge in [-0.1, -0.05) is 15.9 Å². The second-order valence-electron chi connectivity index (χ2n) is 3.98. The summed E-state index contributed by atoms with van der Waals surface area (Å²) in [6.45, 7) is 1.38. The van der Waals surface area contributed by atoms with Crippen molar-refractivity contribution < 1.29 is 9.66 Å². The lowest BCUT2D eigenvalue weighted by molar-refractivity contribution is -0.384. The Morgan fingerprint density at radius 1 is 1.53 bits per heavy atom. The fraction of sp³-hybridized carbons (Fsp3) is 0.455. The lowest BCUT2D eigenvalue weighted by Gasteiger charge is -2.23. The fourth-order valence-corrected chi connectivity index (χ4v) is 2.20. The van der Waals surface area contributed by atoms with Crippen molar-refractivity contribution in [1.29, 1.82) is 0 Å². The molecule has 1 saturated heterocycles. The van der Waals surface area contributed by atoms with Crippen LogP contribution in [0.15, 0.2) is 22.7 Å². The van der Waals surface area contributed by atoms with Crippen LogP contribution in [-0.2, 0) is 4.74 Å². The van der Waals surface area contributed by atoms with Crippen LogP contribution >= 0.6 is 15.9 Å². The Morgan fingerprint density at radius 3 is 3.00 bits per heavy atom. The molecular formula is C11H13BrN2O3. The van der Waals surface area contributed by atoms with E-state index in [1.54, 1.807) is 12.1 Å². The maximum Gasteiger partial charge on any atom is 0.293 e. The summed E-state index contributed by atoms with van der Waals surface area (Å²) >= 11 is 3.23. The molecule has 0 spiro atoms. The average Bonchev–Trinajstić information content (AvgIpc) is 2.32. The molecule has 0 aliphatic carbocycles. The van der Waals surface area contributed by atoms with E-state index in [1.165, 1.54) is 6.07 Å². The first-order valence-electron chi connectivity index (χ1n) is 5.45. The van der Waals surface area contributed by atoms with Crippen molar-refractivity contribution in [3.05, 3.63) is 32.8 Å². The third-order valence-electron chi connectivity index (χ3n) is 2.68. The normalized spacial score (nSPS) is 19.9. The molecule has 6 heteroatoms. The van der Waals surface area contributed by atoms with Crippen LogP contribution in [0.3, 0.4) is 0 Å². The van der Waals surface area contributed by atoms with Crippen molar-refractivity contribution in [2.45, 2.75) is 18.9 Å². The molecular weight excluding hydrogens is 288 g/mol. The molecule has 0 bridgehead atoms. The van der Waals surface area contributed by atoms with Crippen molar-refractivity contribution in [1.82, 2.24) is 0 Å². The van der Waals surface area contributed by atoms with Gasteiger partial charge in [-0.05, 0) is 25.0 Å². The number of nitro benzene ring substituents is 1. The second kappa shape index (κ2) is 5.46. The number of benzene rings is 1. The summed E-state index contributed by atoms with van der Waals surface area (Å²) < 4.78 is 6.04. The van der Waals surface area contributed by atoms with Gasteiger partial charge < -0.3 is 10.1 Å². The summed E-state index contributed by atoms with van der Waals surface area (Å²) in [6, 6.07) is 5.17. The highest BCUT2D eigenvalue weighted by Crippen LogP contribution is 2.29. The summed E-state index contributed by atoms with van der Waals surface area (Å²) in [5.74, 6) is 0. The molecule has 1 heterocycles. The standard InChI is InChI=1S/C11H13BrN2O3/c12-8-3-4-10(11(6-8)14(15)16)13-9-2-1-5-17-7-9/h3-4,6,9,13H,1-2,5,7H2. The van der Waals surface area contributed by atoms with E-state index in [0.29, 0.717) is 16.8 Å². The lowest BCUT2D eigenvalue weighted by Crippen LogP contribution is -2.30. The number of nitro groups is 1. The molecule has 1 N–H and O–H groups in total. The van der Waals surface area contributed by atoms with Gasteiger partial charge in [0.1, 0.15) is 5.69 Å². The molecule has 1 atom stereocenters. The predicted octanol–water partition coefficient (Wildman–Crippen LogP) is 2.95. The molecule has 0 amide bonds. The van der Waals surface area contributed by atoms with Gasteiger partial charge in [0.25, 0.3) is 5.69 Å². The number of hydrogen-bond donors (Lipinski definition) is 1. The Kier molecular flexibility index (Phi) is 3.96. The summed E-state index contributed by atoms with van der Waals surface area (Å²) in [5, 5.41) is 14.1. The number of anilines is 1. The van der Waals surface area contributed by atoms with Gasteiger partial charge in [0, 0.05) is 23.2 Å². The minimum atomic E-state index is -0.378. The van der Waals surface area contributed by atoms with Gasteiger partial charge in [0.05, 0.1) is 11.5 Å². The third-order valence-corrected chi connectivity index (χ3v) is 3.17. The number of rotatable bonds is 3. The first kappa shape index (κ1) is 12.3. The molecule has 1 aliphatic rings. The van der Waals surface area contributed by atoms with Crippen molar-refractivity contribution >= 4 is 27.3 Å². The molecule has 1 aromatic carbocycles. The van der Waals surface area contributed by atoms with E-state index >= 15 is 0 Å². The zero-order valence-electron chi connectivity index (χ0n) is 9.19. The van der Waals surface area contributed by atoms with Crippen molar-refractivity contribution in [3.8, 4) is 0 Å². The van der Waals surface area contributed by atoms with E-state index in [0.717, 1.165) is 19.4 Å². The highest BCUT2D eigenvalue weighted by atomic mass is 79.9. The monoisotopic (exact) mass is 300 g/mol. The van der Waals surface area contributed by atoms with Crippen molar-refractivity contribution in [2.75, 3.05) is 18.5 Å². The van der Waals surface area contributed by atoms with Crippen LogP contribution in [0.4, 0.5) is 11.4 Å². The van der Waals surface area contributed by atoms with E-state index in [4.69, 9.17) is 4.74 Å².